The van der Waals surface area contributed by atoms with Crippen LogP contribution < -0.4 is 0 Å². The molecule has 1 N–H and O–H groups in total. The van der Waals surface area contributed by atoms with Gasteiger partial charge in [-0.25, -0.2) is 4.39 Å². The summed E-state index contributed by atoms with van der Waals surface area (Å²) in [4.78, 5) is 4.10. The molecule has 0 aliphatic rings. The Balaban J connectivity index is 2.18. The molecule has 2 aromatic carbocycles. The first-order valence-electron chi connectivity index (χ1n) is 6.13. The Bertz CT molecular complexity index is 770. The van der Waals surface area contributed by atoms with Gasteiger partial charge in [-0.1, -0.05) is 48.0 Å². The number of hydrogen-bond acceptors (Lipinski definition) is 2. The quantitative estimate of drug-likeness (QED) is 0.769. The average Bonchev–Trinajstić information content (AvgIpc) is 2.49. The van der Waals surface area contributed by atoms with Crippen molar-refractivity contribution in [2.45, 2.75) is 6.10 Å². The molecule has 1 unspecified atom stereocenters. The molecule has 0 aliphatic carbocycles. The molecule has 2 nitrogen and oxygen atoms in total. The number of pyridine rings is 1. The molecule has 0 aliphatic heterocycles. The number of aliphatic hydroxyl groups excluding tert-OH is 1. The lowest BCUT2D eigenvalue weighted by Crippen LogP contribution is -2.04. The molecule has 20 heavy (non-hydrogen) atoms. The number of rotatable bonds is 2. The molecule has 3 aromatic rings. The Labute approximate surface area is 120 Å². The Morgan fingerprint density at radius 3 is 2.65 bits per heavy atom. The van der Waals surface area contributed by atoms with E-state index in [1.165, 1.54) is 12.1 Å². The standard InChI is InChI=1S/C16H11ClFNO/c17-14-7-3-6-12(15(14)18)16(20)13-9-19-8-10-4-1-2-5-11(10)13/h1-9,16,20H. The van der Waals surface area contributed by atoms with Crippen molar-refractivity contribution in [2.75, 3.05) is 0 Å². The summed E-state index contributed by atoms with van der Waals surface area (Å²) in [7, 11) is 0. The van der Waals surface area contributed by atoms with Crippen LogP contribution in [-0.2, 0) is 0 Å². The second-order valence-electron chi connectivity index (χ2n) is 4.50. The lowest BCUT2D eigenvalue weighted by atomic mass is 9.98. The highest BCUT2D eigenvalue weighted by Crippen LogP contribution is 2.31. The number of hydrogen-bond donors (Lipinski definition) is 1. The van der Waals surface area contributed by atoms with Gasteiger partial charge < -0.3 is 5.11 Å². The van der Waals surface area contributed by atoms with Gasteiger partial charge in [-0.3, -0.25) is 4.98 Å². The molecule has 0 bridgehead atoms. The van der Waals surface area contributed by atoms with Crippen molar-refractivity contribution >= 4 is 22.4 Å². The van der Waals surface area contributed by atoms with Gasteiger partial charge in [0.1, 0.15) is 11.9 Å². The van der Waals surface area contributed by atoms with Crippen molar-refractivity contribution in [1.29, 1.82) is 0 Å². The molecule has 0 radical (unpaired) electrons. The molecule has 0 saturated heterocycles. The van der Waals surface area contributed by atoms with Gasteiger partial charge in [0.15, 0.2) is 0 Å². The zero-order valence-corrected chi connectivity index (χ0v) is 11.2. The molecule has 1 aromatic heterocycles. The third kappa shape index (κ3) is 2.15. The van der Waals surface area contributed by atoms with Crippen molar-refractivity contribution < 1.29 is 9.50 Å². The summed E-state index contributed by atoms with van der Waals surface area (Å²) in [6.45, 7) is 0. The van der Waals surface area contributed by atoms with Gasteiger partial charge in [0.25, 0.3) is 0 Å². The van der Waals surface area contributed by atoms with Gasteiger partial charge in [-0.15, -0.1) is 0 Å². The van der Waals surface area contributed by atoms with Crippen molar-refractivity contribution in [1.82, 2.24) is 4.98 Å². The molecule has 0 spiro atoms. The highest BCUT2D eigenvalue weighted by molar-refractivity contribution is 6.30. The monoisotopic (exact) mass is 287 g/mol. The van der Waals surface area contributed by atoms with Crippen LogP contribution >= 0.6 is 11.6 Å². The number of halogens is 2. The Kier molecular flexibility index (Phi) is 3.38. The van der Waals surface area contributed by atoms with Crippen LogP contribution in [0.1, 0.15) is 17.2 Å². The zero-order chi connectivity index (χ0) is 14.1. The fourth-order valence-corrected chi connectivity index (χ4v) is 2.44. The maximum absolute atomic E-state index is 14.0. The van der Waals surface area contributed by atoms with Gasteiger partial charge in [-0.2, -0.15) is 0 Å². The number of aromatic nitrogens is 1. The van der Waals surface area contributed by atoms with Crippen LogP contribution in [0.25, 0.3) is 10.8 Å². The van der Waals surface area contributed by atoms with Crippen LogP contribution in [0.4, 0.5) is 4.39 Å². The van der Waals surface area contributed by atoms with Crippen LogP contribution in [0.3, 0.4) is 0 Å². The third-order valence-electron chi connectivity index (χ3n) is 3.27. The van der Waals surface area contributed by atoms with Crippen molar-refractivity contribution in [3.8, 4) is 0 Å². The largest absolute Gasteiger partial charge is 0.383 e. The minimum Gasteiger partial charge on any atom is -0.383 e. The van der Waals surface area contributed by atoms with Crippen LogP contribution in [0.2, 0.25) is 5.02 Å². The first kappa shape index (κ1) is 13.0. The predicted molar refractivity (Wildman–Crippen MR) is 77.2 cm³/mol. The summed E-state index contributed by atoms with van der Waals surface area (Å²) in [6.07, 6.45) is 2.15. The summed E-state index contributed by atoms with van der Waals surface area (Å²) in [5.41, 5.74) is 0.708. The van der Waals surface area contributed by atoms with Gasteiger partial charge in [0.05, 0.1) is 5.02 Å². The minimum atomic E-state index is -1.10. The highest BCUT2D eigenvalue weighted by Gasteiger charge is 2.19. The molecule has 3 rings (SSSR count). The molecular weight excluding hydrogens is 277 g/mol. The van der Waals surface area contributed by atoms with Gasteiger partial charge in [0.2, 0.25) is 0 Å². The summed E-state index contributed by atoms with van der Waals surface area (Å²) < 4.78 is 14.0. The predicted octanol–water partition coefficient (Wildman–Crippen LogP) is 4.11. The molecule has 1 heterocycles. The Morgan fingerprint density at radius 2 is 1.80 bits per heavy atom. The second kappa shape index (κ2) is 5.19. The van der Waals surface area contributed by atoms with Gasteiger partial charge in [0, 0.05) is 28.9 Å². The van der Waals surface area contributed by atoms with E-state index in [2.05, 4.69) is 4.98 Å². The molecular formula is C16H11ClFNO. The van der Waals surface area contributed by atoms with Crippen LogP contribution in [0.5, 0.6) is 0 Å². The molecule has 100 valence electrons. The van der Waals surface area contributed by atoms with Gasteiger partial charge >= 0.3 is 0 Å². The average molecular weight is 288 g/mol. The smallest absolute Gasteiger partial charge is 0.147 e. The van der Waals surface area contributed by atoms with Crippen molar-refractivity contribution in [2.24, 2.45) is 0 Å². The SMILES string of the molecule is OC(c1cccc(Cl)c1F)c1cncc2ccccc12. The van der Waals surface area contributed by atoms with E-state index in [1.807, 2.05) is 24.3 Å². The first-order valence-corrected chi connectivity index (χ1v) is 6.51. The summed E-state index contributed by atoms with van der Waals surface area (Å²) >= 11 is 5.76. The van der Waals surface area contributed by atoms with E-state index in [4.69, 9.17) is 11.6 Å². The number of nitrogens with zero attached hydrogens (tertiary/aromatic N) is 1. The first-order chi connectivity index (χ1) is 9.68. The van der Waals surface area contributed by atoms with E-state index in [9.17, 15) is 9.50 Å². The van der Waals surface area contributed by atoms with E-state index < -0.39 is 11.9 Å². The van der Waals surface area contributed by atoms with Crippen molar-refractivity contribution in [3.63, 3.8) is 0 Å². The van der Waals surface area contributed by atoms with E-state index >= 15 is 0 Å². The molecule has 0 saturated carbocycles. The number of benzene rings is 2. The summed E-state index contributed by atoms with van der Waals surface area (Å²) in [5, 5.41) is 12.2. The zero-order valence-electron chi connectivity index (χ0n) is 10.4. The maximum Gasteiger partial charge on any atom is 0.147 e. The minimum absolute atomic E-state index is 0.00486. The lowest BCUT2D eigenvalue weighted by molar-refractivity contribution is 0.216. The Hall–Kier alpha value is -1.97. The fourth-order valence-electron chi connectivity index (χ4n) is 2.26. The Morgan fingerprint density at radius 1 is 1.00 bits per heavy atom. The molecule has 0 amide bonds. The number of aliphatic hydroxyl groups is 1. The van der Waals surface area contributed by atoms with E-state index in [0.29, 0.717) is 5.56 Å². The third-order valence-corrected chi connectivity index (χ3v) is 3.56. The molecule has 4 heteroatoms. The van der Waals surface area contributed by atoms with Crippen LogP contribution in [0, 0.1) is 5.82 Å². The van der Waals surface area contributed by atoms with E-state index in [0.717, 1.165) is 10.8 Å². The summed E-state index contributed by atoms with van der Waals surface area (Å²) in [6, 6.07) is 12.1. The van der Waals surface area contributed by atoms with Crippen molar-refractivity contribution in [3.05, 3.63) is 76.8 Å². The number of fused-ring (bicyclic) bond motifs is 1. The summed E-state index contributed by atoms with van der Waals surface area (Å²) in [5.74, 6) is -0.602. The van der Waals surface area contributed by atoms with E-state index in [1.54, 1.807) is 18.5 Å². The maximum atomic E-state index is 14.0. The molecule has 0 fully saturated rings. The second-order valence-corrected chi connectivity index (χ2v) is 4.90. The highest BCUT2D eigenvalue weighted by atomic mass is 35.5. The van der Waals surface area contributed by atoms with Gasteiger partial charge in [-0.05, 0) is 11.5 Å². The van der Waals surface area contributed by atoms with Crippen LogP contribution in [0.15, 0.2) is 54.9 Å². The molecule has 1 atom stereocenters. The lowest BCUT2D eigenvalue weighted by Gasteiger charge is -2.15. The van der Waals surface area contributed by atoms with E-state index in [-0.39, 0.29) is 10.6 Å². The normalized spacial score (nSPS) is 12.6. The topological polar surface area (TPSA) is 33.1 Å². The van der Waals surface area contributed by atoms with Crippen LogP contribution in [-0.4, -0.2) is 10.1 Å². The fraction of sp³-hybridized carbons (Fsp3) is 0.0625.